The van der Waals surface area contributed by atoms with E-state index in [4.69, 9.17) is 0 Å². The first kappa shape index (κ1) is 23.7. The van der Waals surface area contributed by atoms with Crippen molar-refractivity contribution in [3.05, 3.63) is 65.3 Å². The molecule has 0 aliphatic carbocycles. The quantitative estimate of drug-likeness (QED) is 0.377. The zero-order chi connectivity index (χ0) is 25.0. The molecule has 0 atom stereocenters. The zero-order valence-corrected chi connectivity index (χ0v) is 18.4. The summed E-state index contributed by atoms with van der Waals surface area (Å²) in [5, 5.41) is 17.2. The van der Waals surface area contributed by atoms with Gasteiger partial charge >= 0.3 is 6.18 Å². The summed E-state index contributed by atoms with van der Waals surface area (Å²) in [6, 6.07) is 5.48. The van der Waals surface area contributed by atoms with E-state index >= 15 is 0 Å². The number of Topliss-reactive ketones (excluding diaryl/α,β-unsaturated/α-hetero) is 1. The van der Waals surface area contributed by atoms with Gasteiger partial charge in [-0.1, -0.05) is 0 Å². The van der Waals surface area contributed by atoms with Gasteiger partial charge in [-0.05, 0) is 24.6 Å². The number of alkyl halides is 3. The molecule has 0 amide bonds. The van der Waals surface area contributed by atoms with Crippen LogP contribution < -0.4 is 4.90 Å². The molecule has 2 aliphatic rings. The van der Waals surface area contributed by atoms with Crippen molar-refractivity contribution >= 4 is 11.7 Å². The van der Waals surface area contributed by atoms with Gasteiger partial charge in [0, 0.05) is 49.9 Å². The fourth-order valence-electron chi connectivity index (χ4n) is 3.41. The van der Waals surface area contributed by atoms with Crippen molar-refractivity contribution in [2.24, 2.45) is 0 Å². The molecular formula is C22H18F3N9O. The topological polar surface area (TPSA) is 137 Å². The third-order valence-electron chi connectivity index (χ3n) is 5.18. The van der Waals surface area contributed by atoms with Crippen molar-refractivity contribution in [3.8, 4) is 17.5 Å². The molecule has 0 spiro atoms. The second-order valence-electron chi connectivity index (χ2n) is 7.62. The van der Waals surface area contributed by atoms with Gasteiger partial charge < -0.3 is 9.88 Å². The molecule has 2 aliphatic heterocycles. The monoisotopic (exact) mass is 481 g/mol. The average Bonchev–Trinajstić information content (AvgIpc) is 3.27. The van der Waals surface area contributed by atoms with E-state index in [0.717, 1.165) is 24.8 Å². The van der Waals surface area contributed by atoms with Crippen molar-refractivity contribution in [3.63, 3.8) is 0 Å². The number of anilines is 1. The fraction of sp³-hybridized carbons (Fsp3) is 0.273. The molecule has 4 rings (SSSR count). The number of fused-ring (bicyclic) bond motifs is 1. The fourth-order valence-corrected chi connectivity index (χ4v) is 3.41. The number of rotatable bonds is 8. The van der Waals surface area contributed by atoms with Crippen LogP contribution in [0.4, 0.5) is 19.1 Å². The van der Waals surface area contributed by atoms with E-state index < -0.39 is 17.7 Å². The molecule has 0 saturated carbocycles. The summed E-state index contributed by atoms with van der Waals surface area (Å²) < 4.78 is 38.3. The van der Waals surface area contributed by atoms with E-state index in [0.29, 0.717) is 30.4 Å². The van der Waals surface area contributed by atoms with E-state index in [2.05, 4.69) is 35.1 Å². The van der Waals surface area contributed by atoms with Gasteiger partial charge in [0.05, 0.1) is 12.0 Å². The lowest BCUT2D eigenvalue weighted by Crippen LogP contribution is -2.23. The van der Waals surface area contributed by atoms with Crippen molar-refractivity contribution in [2.45, 2.75) is 25.4 Å². The molecule has 10 nitrogen and oxygen atoms in total. The molecule has 35 heavy (non-hydrogen) atoms. The molecule has 178 valence electrons. The highest BCUT2D eigenvalue weighted by molar-refractivity contribution is 5.98. The maximum absolute atomic E-state index is 12.8. The van der Waals surface area contributed by atoms with Crippen LogP contribution in [0.15, 0.2) is 36.8 Å². The van der Waals surface area contributed by atoms with Crippen LogP contribution in [-0.2, 0) is 19.0 Å². The van der Waals surface area contributed by atoms with Crippen LogP contribution in [0.2, 0.25) is 0 Å². The first-order chi connectivity index (χ1) is 16.8. The van der Waals surface area contributed by atoms with Crippen molar-refractivity contribution < 1.29 is 18.0 Å². The van der Waals surface area contributed by atoms with Gasteiger partial charge in [0.2, 0.25) is 5.95 Å². The summed E-state index contributed by atoms with van der Waals surface area (Å²) >= 11 is 0. The number of hydrogen-bond acceptors (Lipinski definition) is 9. The highest BCUT2D eigenvalue weighted by Crippen LogP contribution is 2.29. The number of aromatic amines is 1. The number of nitrogens with zero attached hydrogens (tertiary/aromatic N) is 8. The Morgan fingerprint density at radius 3 is 2.60 bits per heavy atom. The Bertz CT molecular complexity index is 1330. The number of carbonyl (C=O) groups excluding carboxylic acids is 1. The number of carbonyl (C=O) groups is 1. The standard InChI is InChI=1S/C22H18F3N9O/c1-34(9-2-4-18-27-7-3-8-28-18)21-30-14(19-15(11-26)32-33-20(19)31-21)10-16(35)13-5-6-17(29-12-13)22(23,24)25/h3,5-8,12H,2,4,9-10H2,1H3,(H,30,31,32,33). The van der Waals surface area contributed by atoms with Gasteiger partial charge in [0.1, 0.15) is 17.6 Å². The molecule has 0 radical (unpaired) electrons. The van der Waals surface area contributed by atoms with Crippen LogP contribution in [0, 0.1) is 11.3 Å². The number of H-pyrrole nitrogens is 1. The Kier molecular flexibility index (Phi) is 6.63. The normalized spacial score (nSPS) is 11.4. The van der Waals surface area contributed by atoms with E-state index in [1.807, 2.05) is 11.0 Å². The van der Waals surface area contributed by atoms with Gasteiger partial charge in [-0.2, -0.15) is 23.4 Å². The number of nitriles is 1. The molecule has 0 aromatic carbocycles. The third kappa shape index (κ3) is 5.37. The maximum atomic E-state index is 12.8. The first-order valence-corrected chi connectivity index (χ1v) is 10.4. The van der Waals surface area contributed by atoms with Crippen LogP contribution in [0.1, 0.15) is 39.7 Å². The van der Waals surface area contributed by atoms with Gasteiger partial charge in [-0.3, -0.25) is 9.78 Å². The molecule has 2 aromatic rings. The smallest absolute Gasteiger partial charge is 0.345 e. The Balaban J connectivity index is 1.56. The summed E-state index contributed by atoms with van der Waals surface area (Å²) in [7, 11) is 1.80. The molecule has 0 fully saturated rings. The summed E-state index contributed by atoms with van der Waals surface area (Å²) in [5.41, 5.74) is -0.481. The van der Waals surface area contributed by atoms with Crippen molar-refractivity contribution in [1.82, 2.24) is 35.1 Å². The van der Waals surface area contributed by atoms with Gasteiger partial charge in [-0.25, -0.2) is 9.97 Å². The minimum atomic E-state index is -4.60. The minimum Gasteiger partial charge on any atom is -0.345 e. The third-order valence-corrected chi connectivity index (χ3v) is 5.18. The Hall–Kier alpha value is -4.47. The van der Waals surface area contributed by atoms with E-state index in [1.165, 1.54) is 0 Å². The minimum absolute atomic E-state index is 0.000102. The Morgan fingerprint density at radius 1 is 1.17 bits per heavy atom. The molecule has 0 saturated heterocycles. The summed E-state index contributed by atoms with van der Waals surface area (Å²) in [4.78, 5) is 33.8. The zero-order valence-electron chi connectivity index (χ0n) is 18.4. The number of halogens is 3. The highest BCUT2D eigenvalue weighted by atomic mass is 19.4. The summed E-state index contributed by atoms with van der Waals surface area (Å²) in [6.45, 7) is 0.572. The van der Waals surface area contributed by atoms with Crippen molar-refractivity contribution in [2.75, 3.05) is 18.5 Å². The van der Waals surface area contributed by atoms with Crippen LogP contribution in [0.3, 0.4) is 0 Å². The Morgan fingerprint density at radius 2 is 1.94 bits per heavy atom. The highest BCUT2D eigenvalue weighted by Gasteiger charge is 2.32. The molecule has 13 heteroatoms. The number of nitrogens with one attached hydrogen (secondary N) is 1. The number of aromatic nitrogens is 7. The second kappa shape index (κ2) is 9.80. The van der Waals surface area contributed by atoms with Gasteiger partial charge in [0.25, 0.3) is 0 Å². The SMILES string of the molecule is CN(CCCc1ncccn1)c1nc2nnc(C#N)c-2c(CC(=O)c2ccc(C(F)(F)F)nc2)[nH]1. The molecule has 0 bridgehead atoms. The van der Waals surface area contributed by atoms with Crippen LogP contribution in [-0.4, -0.2) is 54.5 Å². The summed E-state index contributed by atoms with van der Waals surface area (Å²) in [5.74, 6) is 0.797. The lowest BCUT2D eigenvalue weighted by Gasteiger charge is -2.20. The Labute approximate surface area is 197 Å². The van der Waals surface area contributed by atoms with Gasteiger partial charge in [-0.15, -0.1) is 10.2 Å². The van der Waals surface area contributed by atoms with Crippen molar-refractivity contribution in [1.29, 1.82) is 5.26 Å². The lowest BCUT2D eigenvalue weighted by molar-refractivity contribution is -0.141. The summed E-state index contributed by atoms with van der Waals surface area (Å²) in [6.07, 6.45) is 0.746. The predicted octanol–water partition coefficient (Wildman–Crippen LogP) is 2.87. The van der Waals surface area contributed by atoms with E-state index in [1.54, 1.807) is 25.5 Å². The largest absolute Gasteiger partial charge is 0.433 e. The predicted molar refractivity (Wildman–Crippen MR) is 116 cm³/mol. The number of aryl methyl sites for hydroxylation is 1. The first-order valence-electron chi connectivity index (χ1n) is 10.4. The van der Waals surface area contributed by atoms with Crippen LogP contribution in [0.5, 0.6) is 0 Å². The molecule has 1 N–H and O–H groups in total. The lowest BCUT2D eigenvalue weighted by atomic mass is 10.0. The average molecular weight is 481 g/mol. The molecule has 2 aromatic heterocycles. The number of pyridine rings is 1. The van der Waals surface area contributed by atoms with Crippen LogP contribution >= 0.6 is 0 Å². The van der Waals surface area contributed by atoms with E-state index in [9.17, 15) is 23.2 Å². The van der Waals surface area contributed by atoms with E-state index in [-0.39, 0.29) is 29.1 Å². The second-order valence-corrected chi connectivity index (χ2v) is 7.62. The molecule has 4 heterocycles. The van der Waals surface area contributed by atoms with Crippen LogP contribution in [0.25, 0.3) is 11.4 Å². The molecule has 0 unspecified atom stereocenters. The number of ketones is 1. The molecular weight excluding hydrogens is 463 g/mol. The number of hydrogen-bond donors (Lipinski definition) is 1. The maximum Gasteiger partial charge on any atom is 0.433 e. The van der Waals surface area contributed by atoms with Gasteiger partial charge in [0.15, 0.2) is 17.3 Å².